The Morgan fingerprint density at radius 2 is 1.71 bits per heavy atom. The Kier molecular flexibility index (Phi) is 4.28. The molecule has 1 amide bonds. The Bertz CT molecular complexity index is 468. The van der Waals surface area contributed by atoms with Gasteiger partial charge in [0.05, 0.1) is 0 Å². The van der Waals surface area contributed by atoms with Gasteiger partial charge in [-0.1, -0.05) is 36.4 Å². The van der Waals surface area contributed by atoms with Gasteiger partial charge in [-0.3, -0.25) is 4.79 Å². The second-order valence-corrected chi connectivity index (χ2v) is 2.89. The van der Waals surface area contributed by atoms with Crippen molar-refractivity contribution in [2.75, 3.05) is 0 Å². The van der Waals surface area contributed by atoms with E-state index in [9.17, 15) is 4.79 Å². The number of amides is 1. The van der Waals surface area contributed by atoms with E-state index in [-0.39, 0.29) is 58.7 Å². The van der Waals surface area contributed by atoms with Gasteiger partial charge in [0.1, 0.15) is 0 Å². The van der Waals surface area contributed by atoms with E-state index in [2.05, 4.69) is 0 Å². The summed E-state index contributed by atoms with van der Waals surface area (Å²) < 4.78 is 0. The van der Waals surface area contributed by atoms with Crippen molar-refractivity contribution < 1.29 is 57.6 Å². The van der Waals surface area contributed by atoms with Crippen LogP contribution in [-0.2, 0) is 0 Å². The standard InChI is InChI=1S/C11H9NO.K.H/c12-11(13)10-7-3-5-8-4-1-2-6-9(8)10;;/h1-7H,(H2,12,13);;/q;+1;-1. The molecule has 0 saturated carbocycles. The van der Waals surface area contributed by atoms with Crippen LogP contribution in [0.15, 0.2) is 42.5 Å². The Labute approximate surface area is 126 Å². The minimum absolute atomic E-state index is 0. The molecular formula is C11H10KNO. The van der Waals surface area contributed by atoms with Crippen LogP contribution in [0.5, 0.6) is 0 Å². The second kappa shape index (κ2) is 5.05. The molecular weight excluding hydrogens is 201 g/mol. The molecule has 0 atom stereocenters. The number of hydrogen-bond donors (Lipinski definition) is 1. The number of primary amides is 1. The Morgan fingerprint density at radius 1 is 1.07 bits per heavy atom. The predicted octanol–water partition coefficient (Wildman–Crippen LogP) is -0.945. The molecule has 0 spiro atoms. The quantitative estimate of drug-likeness (QED) is 0.608. The first-order valence-corrected chi connectivity index (χ1v) is 4.06. The third-order valence-corrected chi connectivity index (χ3v) is 2.06. The molecule has 0 saturated heterocycles. The van der Waals surface area contributed by atoms with Crippen molar-refractivity contribution in [3.63, 3.8) is 0 Å². The van der Waals surface area contributed by atoms with E-state index in [1.54, 1.807) is 6.07 Å². The van der Waals surface area contributed by atoms with Gasteiger partial charge in [-0.05, 0) is 16.8 Å². The number of fused-ring (bicyclic) bond motifs is 1. The van der Waals surface area contributed by atoms with Crippen molar-refractivity contribution in [1.82, 2.24) is 0 Å². The van der Waals surface area contributed by atoms with Crippen LogP contribution in [0.4, 0.5) is 0 Å². The monoisotopic (exact) mass is 211 g/mol. The van der Waals surface area contributed by atoms with E-state index in [1.807, 2.05) is 36.4 Å². The summed E-state index contributed by atoms with van der Waals surface area (Å²) in [6, 6.07) is 13.2. The average molecular weight is 211 g/mol. The van der Waals surface area contributed by atoms with Crippen LogP contribution in [0.1, 0.15) is 11.8 Å². The van der Waals surface area contributed by atoms with Crippen LogP contribution in [0.25, 0.3) is 10.8 Å². The first kappa shape index (κ1) is 11.9. The molecule has 2 rings (SSSR count). The maximum absolute atomic E-state index is 11.0. The van der Waals surface area contributed by atoms with Crippen LogP contribution >= 0.6 is 0 Å². The Hall–Kier alpha value is -0.194. The molecule has 0 unspecified atom stereocenters. The van der Waals surface area contributed by atoms with Gasteiger partial charge in [0, 0.05) is 5.56 Å². The molecule has 0 radical (unpaired) electrons. The zero-order valence-electron chi connectivity index (χ0n) is 9.03. The largest absolute Gasteiger partial charge is 1.00 e. The Morgan fingerprint density at radius 3 is 2.43 bits per heavy atom. The van der Waals surface area contributed by atoms with E-state index in [0.717, 1.165) is 10.8 Å². The van der Waals surface area contributed by atoms with E-state index >= 15 is 0 Å². The molecule has 0 aliphatic heterocycles. The molecule has 0 heterocycles. The molecule has 0 aliphatic carbocycles. The summed E-state index contributed by atoms with van der Waals surface area (Å²) in [6.07, 6.45) is 0. The summed E-state index contributed by atoms with van der Waals surface area (Å²) in [7, 11) is 0. The normalized spacial score (nSPS) is 9.43. The first-order valence-electron chi connectivity index (χ1n) is 4.06. The van der Waals surface area contributed by atoms with Crippen LogP contribution in [-0.4, -0.2) is 5.91 Å². The maximum Gasteiger partial charge on any atom is 1.00 e. The average Bonchev–Trinajstić information content (AvgIpc) is 2.17. The van der Waals surface area contributed by atoms with E-state index in [0.29, 0.717) is 5.56 Å². The van der Waals surface area contributed by atoms with Crippen molar-refractivity contribution in [2.24, 2.45) is 5.73 Å². The van der Waals surface area contributed by atoms with Crippen LogP contribution in [0, 0.1) is 0 Å². The number of benzene rings is 2. The zero-order valence-corrected chi connectivity index (χ0v) is 11.2. The summed E-state index contributed by atoms with van der Waals surface area (Å²) in [5.74, 6) is -0.378. The minimum atomic E-state index is -0.378. The van der Waals surface area contributed by atoms with Gasteiger partial charge in [-0.15, -0.1) is 0 Å². The topological polar surface area (TPSA) is 43.1 Å². The molecule has 2 N–H and O–H groups in total. The fraction of sp³-hybridized carbons (Fsp3) is 0. The smallest absolute Gasteiger partial charge is 1.00 e. The van der Waals surface area contributed by atoms with E-state index < -0.39 is 0 Å². The van der Waals surface area contributed by atoms with Crippen molar-refractivity contribution in [3.8, 4) is 0 Å². The summed E-state index contributed by atoms with van der Waals surface area (Å²) >= 11 is 0. The van der Waals surface area contributed by atoms with E-state index in [1.165, 1.54) is 0 Å². The molecule has 2 aromatic carbocycles. The van der Waals surface area contributed by atoms with Crippen molar-refractivity contribution in [1.29, 1.82) is 0 Å². The molecule has 2 nitrogen and oxygen atoms in total. The van der Waals surface area contributed by atoms with Gasteiger partial charge >= 0.3 is 51.4 Å². The third-order valence-electron chi connectivity index (χ3n) is 2.06. The molecule has 0 fully saturated rings. The van der Waals surface area contributed by atoms with Gasteiger partial charge in [0.15, 0.2) is 0 Å². The predicted molar refractivity (Wildman–Crippen MR) is 53.6 cm³/mol. The van der Waals surface area contributed by atoms with Crippen molar-refractivity contribution in [2.45, 2.75) is 0 Å². The minimum Gasteiger partial charge on any atom is -1.00 e. The van der Waals surface area contributed by atoms with E-state index in [4.69, 9.17) is 5.73 Å². The number of nitrogens with two attached hydrogens (primary N) is 1. The van der Waals surface area contributed by atoms with Gasteiger partial charge < -0.3 is 7.16 Å². The molecule has 66 valence electrons. The van der Waals surface area contributed by atoms with Gasteiger partial charge in [-0.25, -0.2) is 0 Å². The molecule has 0 aliphatic rings. The summed E-state index contributed by atoms with van der Waals surface area (Å²) in [5, 5.41) is 1.95. The molecule has 14 heavy (non-hydrogen) atoms. The van der Waals surface area contributed by atoms with Crippen LogP contribution in [0.3, 0.4) is 0 Å². The third kappa shape index (κ3) is 2.24. The summed E-state index contributed by atoms with van der Waals surface area (Å²) in [6.45, 7) is 0. The summed E-state index contributed by atoms with van der Waals surface area (Å²) in [5.41, 5.74) is 5.82. The molecule has 3 heteroatoms. The summed E-state index contributed by atoms with van der Waals surface area (Å²) in [4.78, 5) is 11.0. The Balaban J connectivity index is 0.000000980. The van der Waals surface area contributed by atoms with Gasteiger partial charge in [0.2, 0.25) is 5.91 Å². The van der Waals surface area contributed by atoms with Crippen LogP contribution in [0.2, 0.25) is 0 Å². The van der Waals surface area contributed by atoms with Gasteiger partial charge in [0.25, 0.3) is 0 Å². The fourth-order valence-electron chi connectivity index (χ4n) is 1.44. The zero-order chi connectivity index (χ0) is 9.26. The SMILES string of the molecule is NC(=O)c1cccc2ccccc12.[H-].[K+]. The molecule has 0 aromatic heterocycles. The van der Waals surface area contributed by atoms with Crippen molar-refractivity contribution in [3.05, 3.63) is 48.0 Å². The van der Waals surface area contributed by atoms with Gasteiger partial charge in [-0.2, -0.15) is 0 Å². The van der Waals surface area contributed by atoms with Crippen molar-refractivity contribution >= 4 is 16.7 Å². The number of carbonyl (C=O) groups excluding carboxylic acids is 1. The maximum atomic E-state index is 11.0. The second-order valence-electron chi connectivity index (χ2n) is 2.89. The first-order chi connectivity index (χ1) is 6.29. The number of carbonyl (C=O) groups is 1. The molecule has 2 aromatic rings. The van der Waals surface area contributed by atoms with Crippen LogP contribution < -0.4 is 57.1 Å². The molecule has 0 bridgehead atoms. The number of hydrogen-bond acceptors (Lipinski definition) is 1. The fourth-order valence-corrected chi connectivity index (χ4v) is 1.44. The number of rotatable bonds is 1.